The van der Waals surface area contributed by atoms with Crippen molar-refractivity contribution in [1.29, 1.82) is 0 Å². The van der Waals surface area contributed by atoms with Crippen LogP contribution in [0.4, 0.5) is 13.2 Å². The van der Waals surface area contributed by atoms with Gasteiger partial charge in [-0.3, -0.25) is 0 Å². The van der Waals surface area contributed by atoms with Crippen LogP contribution in [-0.2, 0) is 13.3 Å². The molecule has 0 aliphatic heterocycles. The van der Waals surface area contributed by atoms with Crippen LogP contribution in [0.15, 0.2) is 0 Å². The molecule has 0 rings (SSSR count). The molecular weight excluding hydrogens is 253 g/mol. The summed E-state index contributed by atoms with van der Waals surface area (Å²) in [5, 5.41) is 0. The molecule has 7 heteroatoms. The van der Waals surface area contributed by atoms with Crippen LogP contribution in [0.5, 0.6) is 0 Å². The highest BCUT2D eigenvalue weighted by atomic mass is 28.4. The van der Waals surface area contributed by atoms with E-state index in [9.17, 15) is 13.2 Å². The Morgan fingerprint density at radius 3 is 1.59 bits per heavy atom. The highest BCUT2D eigenvalue weighted by Crippen LogP contribution is 2.26. The van der Waals surface area contributed by atoms with Gasteiger partial charge in [0, 0.05) is 32.3 Å². The lowest BCUT2D eigenvalue weighted by Crippen LogP contribution is -2.46. The average molecular weight is 274 g/mol. The van der Waals surface area contributed by atoms with E-state index >= 15 is 0 Å². The van der Waals surface area contributed by atoms with Crippen molar-refractivity contribution in [3.63, 3.8) is 0 Å². The van der Waals surface area contributed by atoms with E-state index in [0.717, 1.165) is 0 Å². The molecule has 0 amide bonds. The second-order valence-corrected chi connectivity index (χ2v) is 6.18. The van der Waals surface area contributed by atoms with Gasteiger partial charge in [-0.25, -0.2) is 0 Å². The van der Waals surface area contributed by atoms with Gasteiger partial charge < -0.3 is 13.3 Å². The predicted octanol–water partition coefficient (Wildman–Crippen LogP) is 3.38. The van der Waals surface area contributed by atoms with Gasteiger partial charge in [0.25, 0.3) is 0 Å². The van der Waals surface area contributed by atoms with Crippen molar-refractivity contribution >= 4 is 8.80 Å². The first-order chi connectivity index (χ1) is 7.89. The molecule has 0 bridgehead atoms. The minimum Gasteiger partial charge on any atom is -0.374 e. The third kappa shape index (κ3) is 7.75. The standard InChI is InChI=1S/C10H21F3O3Si/c1-4-14-17(15-5-2,16-6-3)9-7-8-10(11,12)13/h4-9H2,1-3H3. The number of rotatable bonds is 9. The first-order valence-corrected chi connectivity index (χ1v) is 7.81. The van der Waals surface area contributed by atoms with Crippen LogP contribution in [0.1, 0.15) is 33.6 Å². The molecule has 0 aliphatic carbocycles. The van der Waals surface area contributed by atoms with Gasteiger partial charge in [0.15, 0.2) is 0 Å². The fourth-order valence-corrected chi connectivity index (χ4v) is 4.12. The second kappa shape index (κ2) is 8.07. The highest BCUT2D eigenvalue weighted by Gasteiger charge is 2.41. The molecule has 0 heterocycles. The van der Waals surface area contributed by atoms with E-state index in [1.807, 2.05) is 0 Å². The molecule has 0 aliphatic rings. The number of hydrogen-bond donors (Lipinski definition) is 0. The Labute approximate surface area is 102 Å². The van der Waals surface area contributed by atoms with Gasteiger partial charge in [-0.2, -0.15) is 13.2 Å². The molecule has 0 aromatic carbocycles. The molecule has 0 unspecified atom stereocenters. The van der Waals surface area contributed by atoms with E-state index in [2.05, 4.69) is 0 Å². The molecule has 3 nitrogen and oxygen atoms in total. The summed E-state index contributed by atoms with van der Waals surface area (Å²) in [5.74, 6) is 0. The molecule has 0 fully saturated rings. The van der Waals surface area contributed by atoms with Crippen molar-refractivity contribution < 1.29 is 26.4 Å². The SMILES string of the molecule is CCO[Si](CCCC(F)(F)F)(OCC)OCC. The van der Waals surface area contributed by atoms with Crippen LogP contribution in [-0.4, -0.2) is 34.8 Å². The van der Waals surface area contributed by atoms with Crippen LogP contribution in [0.2, 0.25) is 6.04 Å². The van der Waals surface area contributed by atoms with Crippen molar-refractivity contribution in [3.05, 3.63) is 0 Å². The zero-order chi connectivity index (χ0) is 13.4. The van der Waals surface area contributed by atoms with E-state index in [-0.39, 0.29) is 12.5 Å². The van der Waals surface area contributed by atoms with Crippen LogP contribution >= 0.6 is 0 Å². The molecule has 0 atom stereocenters. The first kappa shape index (κ1) is 16.9. The monoisotopic (exact) mass is 274 g/mol. The van der Waals surface area contributed by atoms with Crippen molar-refractivity contribution in [2.75, 3.05) is 19.8 Å². The highest BCUT2D eigenvalue weighted by molar-refractivity contribution is 6.60. The zero-order valence-electron chi connectivity index (χ0n) is 10.6. The number of hydrogen-bond acceptors (Lipinski definition) is 3. The third-order valence-electron chi connectivity index (χ3n) is 2.04. The van der Waals surface area contributed by atoms with E-state index in [0.29, 0.717) is 19.8 Å². The van der Waals surface area contributed by atoms with Crippen LogP contribution in [0.3, 0.4) is 0 Å². The minimum atomic E-state index is -4.13. The molecule has 0 aromatic rings. The third-order valence-corrected chi connectivity index (χ3v) is 5.19. The molecular formula is C10H21F3O3Si. The quantitative estimate of drug-likeness (QED) is 0.603. The van der Waals surface area contributed by atoms with E-state index in [4.69, 9.17) is 13.3 Å². The maximum absolute atomic E-state index is 12.1. The van der Waals surface area contributed by atoms with Gasteiger partial charge in [0.05, 0.1) is 0 Å². The summed E-state index contributed by atoms with van der Waals surface area (Å²) < 4.78 is 52.6. The van der Waals surface area contributed by atoms with Gasteiger partial charge in [-0.1, -0.05) is 0 Å². The van der Waals surface area contributed by atoms with Crippen molar-refractivity contribution in [2.45, 2.75) is 45.8 Å². The maximum atomic E-state index is 12.1. The summed E-state index contributed by atoms with van der Waals surface area (Å²) in [5.41, 5.74) is 0. The summed E-state index contributed by atoms with van der Waals surface area (Å²) in [7, 11) is -2.90. The molecule has 0 saturated heterocycles. The van der Waals surface area contributed by atoms with Crippen LogP contribution in [0, 0.1) is 0 Å². The Kier molecular flexibility index (Phi) is 8.02. The van der Waals surface area contributed by atoms with E-state index in [1.54, 1.807) is 20.8 Å². The summed E-state index contributed by atoms with van der Waals surface area (Å²) in [6.07, 6.45) is -4.98. The summed E-state index contributed by atoms with van der Waals surface area (Å²) in [6, 6.07) is 0.210. The first-order valence-electron chi connectivity index (χ1n) is 5.87. The summed E-state index contributed by atoms with van der Waals surface area (Å²) in [4.78, 5) is 0. The lowest BCUT2D eigenvalue weighted by Gasteiger charge is -2.28. The van der Waals surface area contributed by atoms with Gasteiger partial charge >= 0.3 is 15.0 Å². The van der Waals surface area contributed by atoms with Gasteiger partial charge in [0.2, 0.25) is 0 Å². The smallest absolute Gasteiger partial charge is 0.374 e. The number of alkyl halides is 3. The molecule has 104 valence electrons. The van der Waals surface area contributed by atoms with Crippen LogP contribution in [0.25, 0.3) is 0 Å². The molecule has 0 N–H and O–H groups in total. The fourth-order valence-electron chi connectivity index (χ4n) is 1.51. The molecule has 17 heavy (non-hydrogen) atoms. The Morgan fingerprint density at radius 2 is 1.29 bits per heavy atom. The Bertz CT molecular complexity index is 183. The summed E-state index contributed by atoms with van der Waals surface area (Å²) in [6.45, 7) is 6.51. The molecule has 0 spiro atoms. The zero-order valence-corrected chi connectivity index (χ0v) is 11.6. The normalized spacial score (nSPS) is 13.1. The largest absolute Gasteiger partial charge is 0.500 e. The van der Waals surface area contributed by atoms with Gasteiger partial charge in [-0.15, -0.1) is 0 Å². The average Bonchev–Trinajstić information content (AvgIpc) is 2.16. The molecule has 0 radical (unpaired) electrons. The van der Waals surface area contributed by atoms with Gasteiger partial charge in [0.1, 0.15) is 0 Å². The van der Waals surface area contributed by atoms with E-state index in [1.165, 1.54) is 0 Å². The molecule has 0 saturated carbocycles. The molecule has 0 aromatic heterocycles. The predicted molar refractivity (Wildman–Crippen MR) is 60.7 cm³/mol. The lowest BCUT2D eigenvalue weighted by atomic mass is 10.3. The van der Waals surface area contributed by atoms with Crippen molar-refractivity contribution in [1.82, 2.24) is 0 Å². The second-order valence-electron chi connectivity index (χ2n) is 3.45. The van der Waals surface area contributed by atoms with Crippen molar-refractivity contribution in [2.24, 2.45) is 0 Å². The fraction of sp³-hybridized carbons (Fsp3) is 1.00. The maximum Gasteiger partial charge on any atom is 0.500 e. The Balaban J connectivity index is 4.33. The summed E-state index contributed by atoms with van der Waals surface area (Å²) >= 11 is 0. The van der Waals surface area contributed by atoms with E-state index < -0.39 is 21.4 Å². The van der Waals surface area contributed by atoms with Crippen LogP contribution < -0.4 is 0 Å². The van der Waals surface area contributed by atoms with Gasteiger partial charge in [-0.05, 0) is 27.2 Å². The van der Waals surface area contributed by atoms with Crippen molar-refractivity contribution in [3.8, 4) is 0 Å². The Morgan fingerprint density at radius 1 is 0.882 bits per heavy atom. The number of halogens is 3. The Hall–Kier alpha value is -0.113. The topological polar surface area (TPSA) is 27.7 Å². The minimum absolute atomic E-state index is 0.0181. The lowest BCUT2D eigenvalue weighted by molar-refractivity contribution is -0.135.